The lowest BCUT2D eigenvalue weighted by Crippen LogP contribution is -2.29. The summed E-state index contributed by atoms with van der Waals surface area (Å²) in [5, 5.41) is 4.26. The predicted molar refractivity (Wildman–Crippen MR) is 139 cm³/mol. The van der Waals surface area contributed by atoms with E-state index in [1.54, 1.807) is 6.26 Å². The minimum absolute atomic E-state index is 0.0375. The third-order valence-electron chi connectivity index (χ3n) is 6.34. The first-order valence-corrected chi connectivity index (χ1v) is 12.1. The Morgan fingerprint density at radius 2 is 1.94 bits per heavy atom. The maximum Gasteiger partial charge on any atom is 0.174 e. The highest BCUT2D eigenvalue weighted by atomic mass is 79.9. The fourth-order valence-electron chi connectivity index (χ4n) is 4.66. The number of thiocarbonyl (C=S) groups is 1. The Hall–Kier alpha value is -2.90. The topological polar surface area (TPSA) is 46.2 Å². The predicted octanol–water partition coefficient (Wildman–Crippen LogP) is 6.39. The van der Waals surface area contributed by atoms with Gasteiger partial charge in [0.15, 0.2) is 5.11 Å². The lowest BCUT2D eigenvalue weighted by atomic mass is 9.96. The first-order chi connectivity index (χ1) is 15.9. The molecule has 1 aromatic carbocycles. The molecule has 1 aliphatic heterocycles. The number of nitrogens with zero attached hydrogens (tertiary/aromatic N) is 3. The van der Waals surface area contributed by atoms with Crippen LogP contribution in [0.3, 0.4) is 0 Å². The summed E-state index contributed by atoms with van der Waals surface area (Å²) in [6.45, 7) is 7.11. The van der Waals surface area contributed by atoms with Gasteiger partial charge >= 0.3 is 0 Å². The van der Waals surface area contributed by atoms with Crippen molar-refractivity contribution in [3.63, 3.8) is 0 Å². The molecule has 4 aromatic rings. The van der Waals surface area contributed by atoms with E-state index in [0.29, 0.717) is 11.7 Å². The molecule has 7 heteroatoms. The Labute approximate surface area is 207 Å². The van der Waals surface area contributed by atoms with E-state index in [1.807, 2.05) is 30.5 Å². The molecule has 33 heavy (non-hydrogen) atoms. The Morgan fingerprint density at radius 1 is 1.09 bits per heavy atom. The number of halogens is 1. The molecule has 0 unspecified atom stereocenters. The van der Waals surface area contributed by atoms with Gasteiger partial charge in [0.05, 0.1) is 30.6 Å². The van der Waals surface area contributed by atoms with Crippen LogP contribution < -0.4 is 10.2 Å². The lowest BCUT2D eigenvalue weighted by Gasteiger charge is -2.28. The van der Waals surface area contributed by atoms with Crippen LogP contribution >= 0.6 is 28.1 Å². The van der Waals surface area contributed by atoms with Crippen LogP contribution in [0.25, 0.3) is 0 Å². The molecule has 0 aliphatic carbocycles. The average molecular weight is 521 g/mol. The molecule has 1 N–H and O–H groups in total. The molecule has 1 aliphatic rings. The van der Waals surface area contributed by atoms with Crippen LogP contribution in [0.2, 0.25) is 0 Å². The molecule has 1 saturated heterocycles. The number of anilines is 1. The maximum absolute atomic E-state index is 5.88. The molecular formula is C26H25BrN4OS. The zero-order valence-corrected chi connectivity index (χ0v) is 21.2. The van der Waals surface area contributed by atoms with Crippen molar-refractivity contribution in [3.8, 4) is 0 Å². The number of aromatic nitrogens is 2. The normalized spacial score (nSPS) is 18.1. The Bertz CT molecular complexity index is 1300. The quantitative estimate of drug-likeness (QED) is 0.309. The van der Waals surface area contributed by atoms with E-state index in [2.05, 4.69) is 86.8 Å². The van der Waals surface area contributed by atoms with E-state index in [0.717, 1.165) is 21.6 Å². The van der Waals surface area contributed by atoms with Crippen LogP contribution in [0.4, 0.5) is 5.69 Å². The van der Waals surface area contributed by atoms with E-state index < -0.39 is 0 Å². The van der Waals surface area contributed by atoms with Gasteiger partial charge < -0.3 is 19.2 Å². The second-order valence-corrected chi connectivity index (χ2v) is 9.66. The first-order valence-electron chi connectivity index (χ1n) is 10.9. The van der Waals surface area contributed by atoms with E-state index in [1.165, 1.54) is 22.5 Å². The summed E-state index contributed by atoms with van der Waals surface area (Å²) in [4.78, 5) is 6.90. The van der Waals surface area contributed by atoms with Gasteiger partial charge in [-0.15, -0.1) is 0 Å². The van der Waals surface area contributed by atoms with Crippen LogP contribution in [0.5, 0.6) is 0 Å². The summed E-state index contributed by atoms with van der Waals surface area (Å²) in [7, 11) is 0. The van der Waals surface area contributed by atoms with Crippen molar-refractivity contribution in [3.05, 3.63) is 105 Å². The Balaban J connectivity index is 1.64. The van der Waals surface area contributed by atoms with E-state index in [9.17, 15) is 0 Å². The van der Waals surface area contributed by atoms with Crippen LogP contribution in [-0.2, 0) is 6.54 Å². The highest BCUT2D eigenvalue weighted by molar-refractivity contribution is 9.10. The second kappa shape index (κ2) is 8.80. The van der Waals surface area contributed by atoms with Gasteiger partial charge in [-0.3, -0.25) is 4.98 Å². The minimum Gasteiger partial charge on any atom is -0.467 e. The van der Waals surface area contributed by atoms with Gasteiger partial charge in [-0.1, -0.05) is 22.0 Å². The zero-order chi connectivity index (χ0) is 23.1. The van der Waals surface area contributed by atoms with Crippen LogP contribution in [-0.4, -0.2) is 14.7 Å². The number of nitrogens with one attached hydrogen (secondary N) is 1. The molecule has 0 radical (unpaired) electrons. The molecule has 3 aromatic heterocycles. The van der Waals surface area contributed by atoms with Crippen molar-refractivity contribution < 1.29 is 4.42 Å². The summed E-state index contributed by atoms with van der Waals surface area (Å²) in [5.74, 6) is 0.935. The van der Waals surface area contributed by atoms with Crippen LogP contribution in [0, 0.1) is 20.8 Å². The van der Waals surface area contributed by atoms with Crippen LogP contribution in [0.15, 0.2) is 75.9 Å². The number of benzene rings is 1. The molecule has 0 bridgehead atoms. The number of rotatable bonds is 5. The molecular weight excluding hydrogens is 496 g/mol. The SMILES string of the molecule is Cc1cc(N2C(=S)N[C@H](c3ccccn3)[C@@H]2c2cc(C)n(Cc3ccco3)c2C)ccc1Br. The van der Waals surface area contributed by atoms with Gasteiger partial charge in [-0.25, -0.2) is 0 Å². The van der Waals surface area contributed by atoms with Gasteiger partial charge in [0, 0.05) is 27.7 Å². The number of hydrogen-bond acceptors (Lipinski definition) is 3. The van der Waals surface area contributed by atoms with Crippen molar-refractivity contribution in [2.24, 2.45) is 0 Å². The third-order valence-corrected chi connectivity index (χ3v) is 7.55. The monoisotopic (exact) mass is 520 g/mol. The molecule has 0 spiro atoms. The van der Waals surface area contributed by atoms with Crippen molar-refractivity contribution >= 4 is 38.9 Å². The molecule has 0 amide bonds. The Kier molecular flexibility index (Phi) is 5.85. The minimum atomic E-state index is -0.0692. The highest BCUT2D eigenvalue weighted by Crippen LogP contribution is 2.43. The van der Waals surface area contributed by atoms with Gasteiger partial charge in [-0.2, -0.15) is 0 Å². The van der Waals surface area contributed by atoms with E-state index >= 15 is 0 Å². The van der Waals surface area contributed by atoms with Gasteiger partial charge in [0.1, 0.15) is 5.76 Å². The molecule has 168 valence electrons. The van der Waals surface area contributed by atoms with Crippen molar-refractivity contribution in [1.82, 2.24) is 14.9 Å². The van der Waals surface area contributed by atoms with Gasteiger partial charge in [-0.05, 0) is 92.6 Å². The third kappa shape index (κ3) is 4.00. The van der Waals surface area contributed by atoms with E-state index in [-0.39, 0.29) is 12.1 Å². The van der Waals surface area contributed by atoms with Crippen LogP contribution in [0.1, 0.15) is 46.1 Å². The van der Waals surface area contributed by atoms with Gasteiger partial charge in [0.2, 0.25) is 0 Å². The lowest BCUT2D eigenvalue weighted by molar-refractivity contribution is 0.488. The summed E-state index contributed by atoms with van der Waals surface area (Å²) in [6.07, 6.45) is 3.56. The standard InChI is InChI=1S/C26H25BrN4OS/c1-16-13-19(9-10-22(16)27)31-25(24(29-26(31)33)23-8-4-5-11-28-23)21-14-17(2)30(18(21)3)15-20-7-6-12-32-20/h4-14,24-25H,15H2,1-3H3,(H,29,33)/t24-,25+/m1/s1. The number of hydrogen-bond donors (Lipinski definition) is 1. The fraction of sp³-hybridized carbons (Fsp3) is 0.231. The summed E-state index contributed by atoms with van der Waals surface area (Å²) in [5.41, 5.74) is 6.80. The maximum atomic E-state index is 5.88. The number of pyridine rings is 1. The smallest absolute Gasteiger partial charge is 0.174 e. The largest absolute Gasteiger partial charge is 0.467 e. The summed E-state index contributed by atoms with van der Waals surface area (Å²) in [6, 6.07) is 18.5. The number of furan rings is 1. The molecule has 5 nitrogen and oxygen atoms in total. The second-order valence-electron chi connectivity index (χ2n) is 8.42. The fourth-order valence-corrected chi connectivity index (χ4v) is 5.25. The highest BCUT2D eigenvalue weighted by Gasteiger charge is 2.42. The molecule has 4 heterocycles. The first kappa shape index (κ1) is 21.9. The number of aryl methyl sites for hydroxylation is 2. The summed E-state index contributed by atoms with van der Waals surface area (Å²) < 4.78 is 9.01. The average Bonchev–Trinajstić information content (AvgIpc) is 3.51. The zero-order valence-electron chi connectivity index (χ0n) is 18.7. The Morgan fingerprint density at radius 3 is 2.64 bits per heavy atom. The van der Waals surface area contributed by atoms with Gasteiger partial charge in [0.25, 0.3) is 0 Å². The van der Waals surface area contributed by atoms with Crippen molar-refractivity contribution in [1.29, 1.82) is 0 Å². The summed E-state index contributed by atoms with van der Waals surface area (Å²) >= 11 is 9.51. The molecule has 1 fully saturated rings. The molecule has 2 atom stereocenters. The molecule has 0 saturated carbocycles. The van der Waals surface area contributed by atoms with E-state index in [4.69, 9.17) is 16.6 Å². The molecule has 5 rings (SSSR count). The van der Waals surface area contributed by atoms with Crippen molar-refractivity contribution in [2.45, 2.75) is 39.4 Å². The van der Waals surface area contributed by atoms with Crippen molar-refractivity contribution in [2.75, 3.05) is 4.90 Å².